The Balaban J connectivity index is 0.000000205. The van der Waals surface area contributed by atoms with Gasteiger partial charge >= 0.3 is 0 Å². The number of rotatable bonds is 10. The summed E-state index contributed by atoms with van der Waals surface area (Å²) in [6, 6.07) is 36.8. The molecule has 0 aliphatic carbocycles. The number of hydrogen-bond donors (Lipinski definition) is 1. The molecule has 0 bridgehead atoms. The third-order valence-electron chi connectivity index (χ3n) is 5.60. The van der Waals surface area contributed by atoms with Crippen molar-refractivity contribution in [2.45, 2.75) is 32.0 Å². The van der Waals surface area contributed by atoms with Gasteiger partial charge in [0.2, 0.25) is 0 Å². The first-order valence-electron chi connectivity index (χ1n) is 12.2. The number of ketones is 2. The Hall–Kier alpha value is -3.86. The SMILES string of the molecule is CCCCOC(C(=O)c1ccccc1)c1ccccc1.O=C(c1ccccc1)C(O)c1ccccc1. The Kier molecular flexibility index (Phi) is 10.8. The minimum atomic E-state index is -1.08. The number of aliphatic hydroxyl groups excluding tert-OH is 1. The van der Waals surface area contributed by atoms with Crippen LogP contribution in [-0.4, -0.2) is 23.3 Å². The van der Waals surface area contributed by atoms with Crippen LogP contribution in [0, 0.1) is 0 Å². The molecule has 0 radical (unpaired) electrons. The van der Waals surface area contributed by atoms with E-state index in [9.17, 15) is 14.7 Å². The van der Waals surface area contributed by atoms with E-state index >= 15 is 0 Å². The smallest absolute Gasteiger partial charge is 0.196 e. The summed E-state index contributed by atoms with van der Waals surface area (Å²) >= 11 is 0. The summed E-state index contributed by atoms with van der Waals surface area (Å²) in [6.07, 6.45) is 0.431. The summed E-state index contributed by atoms with van der Waals surface area (Å²) in [5.41, 5.74) is 2.76. The highest BCUT2D eigenvalue weighted by atomic mass is 16.5. The Bertz CT molecular complexity index is 1180. The van der Waals surface area contributed by atoms with Crippen molar-refractivity contribution >= 4 is 11.6 Å². The van der Waals surface area contributed by atoms with Gasteiger partial charge in [-0.3, -0.25) is 9.59 Å². The van der Waals surface area contributed by atoms with E-state index in [-0.39, 0.29) is 11.6 Å². The molecule has 0 heterocycles. The van der Waals surface area contributed by atoms with E-state index < -0.39 is 12.2 Å². The van der Waals surface area contributed by atoms with E-state index in [0.29, 0.717) is 23.3 Å². The molecule has 0 amide bonds. The number of carbonyl (C=O) groups is 2. The molecule has 4 aromatic carbocycles. The fourth-order valence-electron chi connectivity index (χ4n) is 3.60. The van der Waals surface area contributed by atoms with E-state index in [1.165, 1.54) is 0 Å². The van der Waals surface area contributed by atoms with Crippen LogP contribution in [0.5, 0.6) is 0 Å². The van der Waals surface area contributed by atoms with Gasteiger partial charge in [0.05, 0.1) is 0 Å². The lowest BCUT2D eigenvalue weighted by atomic mass is 10.00. The zero-order valence-electron chi connectivity index (χ0n) is 20.5. The lowest BCUT2D eigenvalue weighted by molar-refractivity contribution is 0.0395. The molecule has 4 rings (SSSR count). The van der Waals surface area contributed by atoms with E-state index in [1.807, 2.05) is 72.8 Å². The van der Waals surface area contributed by atoms with Gasteiger partial charge in [0, 0.05) is 17.7 Å². The van der Waals surface area contributed by atoms with Crippen molar-refractivity contribution in [1.29, 1.82) is 0 Å². The molecule has 184 valence electrons. The second-order valence-corrected chi connectivity index (χ2v) is 8.29. The fraction of sp³-hybridized carbons (Fsp3) is 0.188. The maximum Gasteiger partial charge on any atom is 0.196 e. The first-order valence-corrected chi connectivity index (χ1v) is 12.2. The highest BCUT2D eigenvalue weighted by molar-refractivity contribution is 6.00. The largest absolute Gasteiger partial charge is 0.380 e. The average Bonchev–Trinajstić information content (AvgIpc) is 2.96. The third-order valence-corrected chi connectivity index (χ3v) is 5.60. The zero-order valence-corrected chi connectivity index (χ0v) is 20.5. The number of hydrogen-bond acceptors (Lipinski definition) is 4. The molecule has 0 aromatic heterocycles. The topological polar surface area (TPSA) is 63.6 Å². The minimum absolute atomic E-state index is 0.0212. The zero-order chi connectivity index (χ0) is 25.6. The van der Waals surface area contributed by atoms with Crippen LogP contribution >= 0.6 is 0 Å². The average molecular weight is 481 g/mol. The summed E-state index contributed by atoms with van der Waals surface area (Å²) in [7, 11) is 0. The summed E-state index contributed by atoms with van der Waals surface area (Å²) in [4.78, 5) is 24.5. The number of carbonyl (C=O) groups excluding carboxylic acids is 2. The standard InChI is InChI=1S/C18H20O2.C14H12O2/c1-2-3-14-20-18(16-12-8-5-9-13-16)17(19)15-10-6-4-7-11-15;15-13(11-7-3-1-4-8-11)14(16)12-9-5-2-6-10-12/h4-13,18H,2-3,14H2,1H3;1-10,13,15H. The van der Waals surface area contributed by atoms with E-state index in [1.54, 1.807) is 48.5 Å². The number of benzene rings is 4. The first-order chi connectivity index (χ1) is 17.6. The molecule has 2 atom stereocenters. The molecular formula is C32H32O4. The maximum absolute atomic E-state index is 12.6. The molecule has 4 heteroatoms. The first kappa shape index (κ1) is 26.7. The Morgan fingerprint density at radius 1 is 0.639 bits per heavy atom. The number of Topliss-reactive ketones (excluding diaryl/α,β-unsaturated/α-hetero) is 2. The third kappa shape index (κ3) is 7.84. The van der Waals surface area contributed by atoms with Crippen molar-refractivity contribution in [2.24, 2.45) is 0 Å². The van der Waals surface area contributed by atoms with Gasteiger partial charge in [-0.1, -0.05) is 135 Å². The second kappa shape index (κ2) is 14.5. The lowest BCUT2D eigenvalue weighted by Crippen LogP contribution is -2.17. The molecule has 0 aliphatic rings. The summed E-state index contributed by atoms with van der Waals surface area (Å²) in [6.45, 7) is 2.72. The quantitative estimate of drug-likeness (QED) is 0.195. The fourth-order valence-corrected chi connectivity index (χ4v) is 3.60. The molecule has 2 unspecified atom stereocenters. The van der Waals surface area contributed by atoms with Crippen LogP contribution in [-0.2, 0) is 4.74 Å². The molecule has 0 saturated heterocycles. The van der Waals surface area contributed by atoms with Crippen LogP contribution in [0.25, 0.3) is 0 Å². The normalized spacial score (nSPS) is 12.1. The molecule has 0 fully saturated rings. The highest BCUT2D eigenvalue weighted by Gasteiger charge is 2.22. The number of unbranched alkanes of at least 4 members (excludes halogenated alkanes) is 1. The Morgan fingerprint density at radius 2 is 1.06 bits per heavy atom. The van der Waals surface area contributed by atoms with Crippen LogP contribution in [0.2, 0.25) is 0 Å². The van der Waals surface area contributed by atoms with Crippen LogP contribution < -0.4 is 0 Å². The van der Waals surface area contributed by atoms with Crippen molar-refractivity contribution < 1.29 is 19.4 Å². The molecule has 36 heavy (non-hydrogen) atoms. The summed E-state index contributed by atoms with van der Waals surface area (Å²) in [5, 5.41) is 9.89. The maximum atomic E-state index is 12.6. The van der Waals surface area contributed by atoms with Crippen molar-refractivity contribution in [1.82, 2.24) is 0 Å². The number of ether oxygens (including phenoxy) is 1. The van der Waals surface area contributed by atoms with Crippen LogP contribution in [0.3, 0.4) is 0 Å². The molecule has 4 nitrogen and oxygen atoms in total. The van der Waals surface area contributed by atoms with Crippen molar-refractivity contribution in [3.8, 4) is 0 Å². The molecule has 0 saturated carbocycles. The van der Waals surface area contributed by atoms with Crippen molar-refractivity contribution in [3.05, 3.63) is 144 Å². The van der Waals surface area contributed by atoms with Gasteiger partial charge in [0.15, 0.2) is 11.6 Å². The van der Waals surface area contributed by atoms with Crippen molar-refractivity contribution in [2.75, 3.05) is 6.61 Å². The monoisotopic (exact) mass is 480 g/mol. The predicted molar refractivity (Wildman–Crippen MR) is 143 cm³/mol. The van der Waals surface area contributed by atoms with Crippen LogP contribution in [0.4, 0.5) is 0 Å². The molecule has 0 spiro atoms. The molecular weight excluding hydrogens is 448 g/mol. The van der Waals surface area contributed by atoms with Gasteiger partial charge in [-0.05, 0) is 17.5 Å². The van der Waals surface area contributed by atoms with Gasteiger partial charge in [-0.15, -0.1) is 0 Å². The second-order valence-electron chi connectivity index (χ2n) is 8.29. The lowest BCUT2D eigenvalue weighted by Gasteiger charge is -2.17. The summed E-state index contributed by atoms with van der Waals surface area (Å²) < 4.78 is 5.84. The Labute approximate surface area is 213 Å². The van der Waals surface area contributed by atoms with E-state index in [0.717, 1.165) is 18.4 Å². The number of aliphatic hydroxyl groups is 1. The van der Waals surface area contributed by atoms with Gasteiger partial charge in [-0.25, -0.2) is 0 Å². The molecule has 1 N–H and O–H groups in total. The highest BCUT2D eigenvalue weighted by Crippen LogP contribution is 2.23. The van der Waals surface area contributed by atoms with E-state index in [2.05, 4.69) is 6.92 Å². The van der Waals surface area contributed by atoms with Gasteiger partial charge in [-0.2, -0.15) is 0 Å². The van der Waals surface area contributed by atoms with Gasteiger partial charge in [0.25, 0.3) is 0 Å². The van der Waals surface area contributed by atoms with Gasteiger partial charge < -0.3 is 9.84 Å². The minimum Gasteiger partial charge on any atom is -0.380 e. The Morgan fingerprint density at radius 3 is 1.53 bits per heavy atom. The van der Waals surface area contributed by atoms with Crippen molar-refractivity contribution in [3.63, 3.8) is 0 Å². The summed E-state index contributed by atoms with van der Waals surface area (Å²) in [5.74, 6) is -0.250. The molecule has 0 aliphatic heterocycles. The van der Waals surface area contributed by atoms with E-state index in [4.69, 9.17) is 4.74 Å². The van der Waals surface area contributed by atoms with Crippen LogP contribution in [0.15, 0.2) is 121 Å². The molecule has 4 aromatic rings. The van der Waals surface area contributed by atoms with Gasteiger partial charge in [0.1, 0.15) is 12.2 Å². The van der Waals surface area contributed by atoms with Crippen LogP contribution in [0.1, 0.15) is 63.8 Å². The predicted octanol–water partition coefficient (Wildman–Crippen LogP) is 7.03.